The molecule has 0 aromatic rings. The number of nitrogens with zero attached hydrogens (tertiary/aromatic N) is 1. The number of carbonyl (C=O) groups is 1. The summed E-state index contributed by atoms with van der Waals surface area (Å²) in [4.78, 5) is 13.1. The van der Waals surface area contributed by atoms with Crippen LogP contribution < -0.4 is 5.32 Å². The van der Waals surface area contributed by atoms with Crippen LogP contribution in [0.5, 0.6) is 0 Å². The molecule has 1 N–H and O–H groups in total. The average Bonchev–Trinajstić information content (AvgIpc) is 2.76. The third-order valence-corrected chi connectivity index (χ3v) is 3.19. The van der Waals surface area contributed by atoms with Crippen LogP contribution >= 0.6 is 0 Å². The van der Waals surface area contributed by atoms with E-state index in [2.05, 4.69) is 10.2 Å². The van der Waals surface area contributed by atoms with Crippen LogP contribution in [0.4, 0.5) is 0 Å². The molecule has 0 spiro atoms. The summed E-state index contributed by atoms with van der Waals surface area (Å²) in [7, 11) is 0. The minimum atomic E-state index is 0.211. The average molecular weight is 182 g/mol. The van der Waals surface area contributed by atoms with Crippen LogP contribution in [-0.4, -0.2) is 42.9 Å². The lowest BCUT2D eigenvalue weighted by atomic mass is 10.2. The van der Waals surface area contributed by atoms with E-state index < -0.39 is 0 Å². The number of likely N-dealkylation sites (tertiary alicyclic amines) is 1. The predicted octanol–water partition coefficient (Wildman–Crippen LogP) is 0.402. The third-order valence-electron chi connectivity index (χ3n) is 3.19. The van der Waals surface area contributed by atoms with Crippen LogP contribution in [0.3, 0.4) is 0 Å². The number of hydrogen-bond acceptors (Lipinski definition) is 3. The largest absolute Gasteiger partial charge is 0.313 e. The minimum absolute atomic E-state index is 0.211. The van der Waals surface area contributed by atoms with Crippen LogP contribution in [-0.2, 0) is 4.79 Å². The van der Waals surface area contributed by atoms with Crippen molar-refractivity contribution in [1.82, 2.24) is 10.2 Å². The first-order valence-electron chi connectivity index (χ1n) is 5.33. The molecule has 74 valence electrons. The Morgan fingerprint density at radius 3 is 3.00 bits per heavy atom. The van der Waals surface area contributed by atoms with Gasteiger partial charge in [0, 0.05) is 12.6 Å². The Morgan fingerprint density at radius 1 is 1.38 bits per heavy atom. The van der Waals surface area contributed by atoms with Gasteiger partial charge in [0.25, 0.3) is 0 Å². The molecule has 2 rings (SSSR count). The van der Waals surface area contributed by atoms with Crippen molar-refractivity contribution in [1.29, 1.82) is 0 Å². The lowest BCUT2D eigenvalue weighted by molar-refractivity contribution is -0.111. The van der Waals surface area contributed by atoms with Gasteiger partial charge in [-0.1, -0.05) is 0 Å². The standard InChI is InChI=1S/C10H18N2O/c13-8-10-4-2-6-12(10)7-9-3-1-5-11-9/h8-11H,1-7H2. The molecule has 2 heterocycles. The summed E-state index contributed by atoms with van der Waals surface area (Å²) in [5.74, 6) is 0. The van der Waals surface area contributed by atoms with Crippen molar-refractivity contribution in [2.24, 2.45) is 0 Å². The molecule has 0 saturated carbocycles. The van der Waals surface area contributed by atoms with Crippen LogP contribution in [0.2, 0.25) is 0 Å². The Hall–Kier alpha value is -0.410. The van der Waals surface area contributed by atoms with Crippen LogP contribution in [0.25, 0.3) is 0 Å². The first-order valence-corrected chi connectivity index (χ1v) is 5.33. The second-order valence-electron chi connectivity index (χ2n) is 4.13. The van der Waals surface area contributed by atoms with Gasteiger partial charge >= 0.3 is 0 Å². The van der Waals surface area contributed by atoms with Gasteiger partial charge in [-0.25, -0.2) is 0 Å². The molecule has 0 aliphatic carbocycles. The van der Waals surface area contributed by atoms with E-state index in [1.165, 1.54) is 19.3 Å². The summed E-state index contributed by atoms with van der Waals surface area (Å²) >= 11 is 0. The van der Waals surface area contributed by atoms with Gasteiger partial charge < -0.3 is 10.1 Å². The molecule has 2 aliphatic heterocycles. The van der Waals surface area contributed by atoms with E-state index in [9.17, 15) is 4.79 Å². The van der Waals surface area contributed by atoms with E-state index in [0.29, 0.717) is 6.04 Å². The minimum Gasteiger partial charge on any atom is -0.313 e. The number of nitrogens with one attached hydrogen (secondary N) is 1. The molecule has 2 unspecified atom stereocenters. The molecule has 2 saturated heterocycles. The second-order valence-corrected chi connectivity index (χ2v) is 4.13. The molecular formula is C10H18N2O. The quantitative estimate of drug-likeness (QED) is 0.641. The van der Waals surface area contributed by atoms with E-state index in [-0.39, 0.29) is 6.04 Å². The van der Waals surface area contributed by atoms with Gasteiger partial charge in [0.1, 0.15) is 6.29 Å². The van der Waals surface area contributed by atoms with Gasteiger partial charge in [-0.05, 0) is 38.8 Å². The molecule has 2 atom stereocenters. The fourth-order valence-corrected chi connectivity index (χ4v) is 2.43. The van der Waals surface area contributed by atoms with Gasteiger partial charge in [-0.2, -0.15) is 0 Å². The van der Waals surface area contributed by atoms with Crippen molar-refractivity contribution in [2.45, 2.75) is 37.8 Å². The zero-order valence-electron chi connectivity index (χ0n) is 8.04. The molecule has 0 aromatic carbocycles. The lowest BCUT2D eigenvalue weighted by Crippen LogP contribution is -2.40. The Morgan fingerprint density at radius 2 is 2.31 bits per heavy atom. The predicted molar refractivity (Wildman–Crippen MR) is 51.7 cm³/mol. The second kappa shape index (κ2) is 4.20. The summed E-state index contributed by atoms with van der Waals surface area (Å²) in [5, 5.41) is 3.47. The van der Waals surface area contributed by atoms with Crippen molar-refractivity contribution < 1.29 is 4.79 Å². The van der Waals surface area contributed by atoms with Crippen LogP contribution in [0.15, 0.2) is 0 Å². The van der Waals surface area contributed by atoms with Crippen molar-refractivity contribution in [3.8, 4) is 0 Å². The third kappa shape index (κ3) is 2.09. The highest BCUT2D eigenvalue weighted by Crippen LogP contribution is 2.17. The molecule has 0 amide bonds. The molecule has 0 bridgehead atoms. The highest BCUT2D eigenvalue weighted by Gasteiger charge is 2.27. The zero-order chi connectivity index (χ0) is 9.10. The molecule has 3 heteroatoms. The number of hydrogen-bond donors (Lipinski definition) is 1. The number of carbonyl (C=O) groups excluding carboxylic acids is 1. The van der Waals surface area contributed by atoms with Gasteiger partial charge in [0.15, 0.2) is 0 Å². The summed E-state index contributed by atoms with van der Waals surface area (Å²) < 4.78 is 0. The van der Waals surface area contributed by atoms with E-state index in [0.717, 1.165) is 32.3 Å². The normalized spacial score (nSPS) is 35.4. The fraction of sp³-hybridized carbons (Fsp3) is 0.900. The van der Waals surface area contributed by atoms with Gasteiger partial charge in [-0.3, -0.25) is 4.90 Å². The highest BCUT2D eigenvalue weighted by atomic mass is 16.1. The Bertz CT molecular complexity index is 178. The lowest BCUT2D eigenvalue weighted by Gasteiger charge is -2.23. The van der Waals surface area contributed by atoms with Crippen LogP contribution in [0, 0.1) is 0 Å². The van der Waals surface area contributed by atoms with Gasteiger partial charge in [0.05, 0.1) is 6.04 Å². The smallest absolute Gasteiger partial charge is 0.137 e. The summed E-state index contributed by atoms with van der Waals surface area (Å²) in [6.45, 7) is 3.34. The van der Waals surface area contributed by atoms with Crippen molar-refractivity contribution in [3.63, 3.8) is 0 Å². The molecule has 2 aliphatic rings. The SMILES string of the molecule is O=CC1CCCN1CC1CCCN1. The summed E-state index contributed by atoms with van der Waals surface area (Å²) in [6.07, 6.45) is 5.95. The summed E-state index contributed by atoms with van der Waals surface area (Å²) in [6, 6.07) is 0.850. The maximum atomic E-state index is 10.7. The first kappa shape index (κ1) is 9.16. The fourth-order valence-electron chi connectivity index (χ4n) is 2.43. The van der Waals surface area contributed by atoms with E-state index in [1.54, 1.807) is 0 Å². The van der Waals surface area contributed by atoms with E-state index >= 15 is 0 Å². The Kier molecular flexibility index (Phi) is 2.96. The molecule has 13 heavy (non-hydrogen) atoms. The molecule has 2 fully saturated rings. The van der Waals surface area contributed by atoms with Crippen LogP contribution in [0.1, 0.15) is 25.7 Å². The highest BCUT2D eigenvalue weighted by molar-refractivity contribution is 5.58. The number of aldehydes is 1. The molecular weight excluding hydrogens is 164 g/mol. The van der Waals surface area contributed by atoms with E-state index in [4.69, 9.17) is 0 Å². The van der Waals surface area contributed by atoms with Crippen molar-refractivity contribution in [2.75, 3.05) is 19.6 Å². The molecule has 0 radical (unpaired) electrons. The van der Waals surface area contributed by atoms with Gasteiger partial charge in [-0.15, -0.1) is 0 Å². The maximum absolute atomic E-state index is 10.7. The van der Waals surface area contributed by atoms with Gasteiger partial charge in [0.2, 0.25) is 0 Å². The Balaban J connectivity index is 1.82. The zero-order valence-corrected chi connectivity index (χ0v) is 8.04. The molecule has 3 nitrogen and oxygen atoms in total. The summed E-state index contributed by atoms with van der Waals surface area (Å²) in [5.41, 5.74) is 0. The first-order chi connectivity index (χ1) is 6.40. The van der Waals surface area contributed by atoms with Crippen molar-refractivity contribution >= 4 is 6.29 Å². The Labute approximate surface area is 79.5 Å². The topological polar surface area (TPSA) is 32.3 Å². The molecule has 0 aromatic heterocycles. The monoisotopic (exact) mass is 182 g/mol. The van der Waals surface area contributed by atoms with Crippen molar-refractivity contribution in [3.05, 3.63) is 0 Å². The number of rotatable bonds is 3. The van der Waals surface area contributed by atoms with E-state index in [1.807, 2.05) is 0 Å². The maximum Gasteiger partial charge on any atom is 0.137 e.